The molecule has 1 aromatic carbocycles. The van der Waals surface area contributed by atoms with Crippen LogP contribution in [0, 0.1) is 0 Å². The molecular formula is C20H30N2O3. The molecule has 1 aromatic rings. The van der Waals surface area contributed by atoms with E-state index in [1.807, 2.05) is 29.2 Å². The molecule has 0 saturated carbocycles. The second kappa shape index (κ2) is 8.68. The lowest BCUT2D eigenvalue weighted by molar-refractivity contribution is -0.0776. The number of fused-ring (bicyclic) bond motifs is 1. The van der Waals surface area contributed by atoms with Gasteiger partial charge in [-0.25, -0.2) is 0 Å². The Hall–Kier alpha value is -1.59. The molecule has 2 fully saturated rings. The van der Waals surface area contributed by atoms with Gasteiger partial charge in [-0.3, -0.25) is 9.69 Å². The molecule has 5 heteroatoms. The van der Waals surface area contributed by atoms with Crippen molar-refractivity contribution in [3.05, 3.63) is 29.8 Å². The molecule has 3 rings (SSSR count). The minimum Gasteiger partial charge on any atom is -0.494 e. The van der Waals surface area contributed by atoms with E-state index in [-0.39, 0.29) is 5.91 Å². The van der Waals surface area contributed by atoms with Gasteiger partial charge in [0.05, 0.1) is 25.9 Å². The topological polar surface area (TPSA) is 42.0 Å². The summed E-state index contributed by atoms with van der Waals surface area (Å²) in [6.45, 7) is 9.06. The Morgan fingerprint density at radius 3 is 2.68 bits per heavy atom. The molecule has 2 heterocycles. The predicted molar refractivity (Wildman–Crippen MR) is 98.1 cm³/mol. The van der Waals surface area contributed by atoms with E-state index in [4.69, 9.17) is 9.47 Å². The van der Waals surface area contributed by atoms with Crippen LogP contribution >= 0.6 is 0 Å². The first-order valence-corrected chi connectivity index (χ1v) is 9.58. The van der Waals surface area contributed by atoms with Gasteiger partial charge in [0.1, 0.15) is 5.75 Å². The van der Waals surface area contributed by atoms with E-state index in [0.717, 1.165) is 50.6 Å². The van der Waals surface area contributed by atoms with Crippen molar-refractivity contribution in [1.82, 2.24) is 9.80 Å². The van der Waals surface area contributed by atoms with Crippen molar-refractivity contribution in [2.45, 2.75) is 45.2 Å². The summed E-state index contributed by atoms with van der Waals surface area (Å²) in [5.41, 5.74) is 0.735. The fourth-order valence-corrected chi connectivity index (χ4v) is 3.80. The number of hydrogen-bond donors (Lipinski definition) is 0. The molecule has 0 N–H and O–H groups in total. The summed E-state index contributed by atoms with van der Waals surface area (Å²) in [4.78, 5) is 17.4. The fourth-order valence-electron chi connectivity index (χ4n) is 3.80. The zero-order valence-corrected chi connectivity index (χ0v) is 15.4. The highest BCUT2D eigenvalue weighted by molar-refractivity contribution is 5.94. The van der Waals surface area contributed by atoms with Gasteiger partial charge in [-0.2, -0.15) is 0 Å². The molecule has 0 aliphatic carbocycles. The largest absolute Gasteiger partial charge is 0.494 e. The van der Waals surface area contributed by atoms with Crippen molar-refractivity contribution in [3.63, 3.8) is 0 Å². The summed E-state index contributed by atoms with van der Waals surface area (Å²) in [6.07, 6.45) is 3.32. The van der Waals surface area contributed by atoms with Crippen molar-refractivity contribution in [1.29, 1.82) is 0 Å². The molecule has 2 aliphatic heterocycles. The molecule has 0 unspecified atom stereocenters. The number of rotatable bonds is 6. The molecule has 5 nitrogen and oxygen atoms in total. The Morgan fingerprint density at radius 2 is 1.96 bits per heavy atom. The number of piperazine rings is 1. The molecule has 2 aliphatic rings. The third-order valence-electron chi connectivity index (χ3n) is 5.10. The van der Waals surface area contributed by atoms with Crippen LogP contribution < -0.4 is 4.74 Å². The van der Waals surface area contributed by atoms with Gasteiger partial charge in [-0.1, -0.05) is 20.3 Å². The maximum atomic E-state index is 12.8. The first kappa shape index (κ1) is 18.2. The lowest BCUT2D eigenvalue weighted by Crippen LogP contribution is -2.62. The summed E-state index contributed by atoms with van der Waals surface area (Å²) in [6, 6.07) is 8.36. The van der Waals surface area contributed by atoms with Gasteiger partial charge >= 0.3 is 0 Å². The standard InChI is InChI=1S/C20H30N2O3/c1-3-5-17-14-24-15-18-13-21(10-11-22(17)18)20(23)16-6-8-19(9-7-16)25-12-4-2/h6-9,17-18H,3-5,10-15H2,1-2H3/t17-,18+/m0/s1. The van der Waals surface area contributed by atoms with E-state index in [2.05, 4.69) is 18.7 Å². The first-order chi connectivity index (χ1) is 12.2. The fraction of sp³-hybridized carbons (Fsp3) is 0.650. The van der Waals surface area contributed by atoms with Gasteiger partial charge in [-0.15, -0.1) is 0 Å². The van der Waals surface area contributed by atoms with Gasteiger partial charge in [0.2, 0.25) is 0 Å². The first-order valence-electron chi connectivity index (χ1n) is 9.58. The van der Waals surface area contributed by atoms with Crippen LogP contribution in [0.25, 0.3) is 0 Å². The van der Waals surface area contributed by atoms with E-state index in [0.29, 0.717) is 18.7 Å². The maximum Gasteiger partial charge on any atom is 0.253 e. The minimum absolute atomic E-state index is 0.110. The Balaban J connectivity index is 1.60. The Morgan fingerprint density at radius 1 is 1.16 bits per heavy atom. The molecule has 1 amide bonds. The highest BCUT2D eigenvalue weighted by Crippen LogP contribution is 2.23. The zero-order chi connectivity index (χ0) is 17.6. The number of carbonyl (C=O) groups excluding carboxylic acids is 1. The number of ether oxygens (including phenoxy) is 2. The summed E-state index contributed by atoms with van der Waals surface area (Å²) in [7, 11) is 0. The normalized spacial score (nSPS) is 24.0. The third-order valence-corrected chi connectivity index (χ3v) is 5.10. The molecule has 0 bridgehead atoms. The highest BCUT2D eigenvalue weighted by Gasteiger charge is 2.36. The van der Waals surface area contributed by atoms with Crippen LogP contribution in [0.15, 0.2) is 24.3 Å². The maximum absolute atomic E-state index is 12.8. The van der Waals surface area contributed by atoms with Crippen molar-refractivity contribution in [3.8, 4) is 5.75 Å². The average Bonchev–Trinajstić information content (AvgIpc) is 2.66. The second-order valence-corrected chi connectivity index (χ2v) is 7.00. The van der Waals surface area contributed by atoms with Crippen molar-refractivity contribution >= 4 is 5.91 Å². The van der Waals surface area contributed by atoms with Crippen LogP contribution in [0.1, 0.15) is 43.5 Å². The lowest BCUT2D eigenvalue weighted by atomic mass is 10.0. The highest BCUT2D eigenvalue weighted by atomic mass is 16.5. The van der Waals surface area contributed by atoms with Gasteiger partial charge in [0, 0.05) is 31.2 Å². The summed E-state index contributed by atoms with van der Waals surface area (Å²) in [5.74, 6) is 0.936. The Bertz CT molecular complexity index is 559. The third kappa shape index (κ3) is 4.33. The molecule has 2 saturated heterocycles. The van der Waals surface area contributed by atoms with Gasteiger partial charge in [-0.05, 0) is 37.1 Å². The number of carbonyl (C=O) groups is 1. The minimum atomic E-state index is 0.110. The Labute approximate surface area is 150 Å². The SMILES string of the molecule is CCCOc1ccc(C(=O)N2CCN3[C@@H](CCC)COC[C@H]3C2)cc1. The quantitative estimate of drug-likeness (QED) is 0.794. The molecule has 0 spiro atoms. The van der Waals surface area contributed by atoms with E-state index in [1.165, 1.54) is 12.8 Å². The van der Waals surface area contributed by atoms with Gasteiger partial charge in [0.15, 0.2) is 0 Å². The Kier molecular flexibility index (Phi) is 6.32. The number of morpholine rings is 1. The lowest BCUT2D eigenvalue weighted by Gasteiger charge is -2.48. The van der Waals surface area contributed by atoms with Crippen LogP contribution in [-0.4, -0.2) is 67.2 Å². The van der Waals surface area contributed by atoms with E-state index < -0.39 is 0 Å². The van der Waals surface area contributed by atoms with Gasteiger partial charge in [0.25, 0.3) is 5.91 Å². The second-order valence-electron chi connectivity index (χ2n) is 7.00. The molecule has 0 aromatic heterocycles. The van der Waals surface area contributed by atoms with Crippen molar-refractivity contribution in [2.75, 3.05) is 39.5 Å². The zero-order valence-electron chi connectivity index (χ0n) is 15.4. The van der Waals surface area contributed by atoms with Crippen LogP contribution in [-0.2, 0) is 4.74 Å². The van der Waals surface area contributed by atoms with E-state index >= 15 is 0 Å². The summed E-state index contributed by atoms with van der Waals surface area (Å²) in [5, 5.41) is 0. The number of nitrogens with zero attached hydrogens (tertiary/aromatic N) is 2. The van der Waals surface area contributed by atoms with Crippen molar-refractivity contribution in [2.24, 2.45) is 0 Å². The number of benzene rings is 1. The summed E-state index contributed by atoms with van der Waals surface area (Å²) >= 11 is 0. The van der Waals surface area contributed by atoms with Crippen LogP contribution in [0.3, 0.4) is 0 Å². The number of hydrogen-bond acceptors (Lipinski definition) is 4. The molecule has 2 atom stereocenters. The number of amides is 1. The monoisotopic (exact) mass is 346 g/mol. The average molecular weight is 346 g/mol. The van der Waals surface area contributed by atoms with Crippen LogP contribution in [0.4, 0.5) is 0 Å². The summed E-state index contributed by atoms with van der Waals surface area (Å²) < 4.78 is 11.4. The van der Waals surface area contributed by atoms with E-state index in [1.54, 1.807) is 0 Å². The molecule has 138 valence electrons. The molecular weight excluding hydrogens is 316 g/mol. The van der Waals surface area contributed by atoms with Crippen LogP contribution in [0.2, 0.25) is 0 Å². The van der Waals surface area contributed by atoms with Crippen LogP contribution in [0.5, 0.6) is 5.75 Å². The smallest absolute Gasteiger partial charge is 0.253 e. The molecule has 25 heavy (non-hydrogen) atoms. The van der Waals surface area contributed by atoms with Gasteiger partial charge < -0.3 is 14.4 Å². The van der Waals surface area contributed by atoms with Crippen molar-refractivity contribution < 1.29 is 14.3 Å². The predicted octanol–water partition coefficient (Wildman–Crippen LogP) is 2.80. The molecule has 0 radical (unpaired) electrons. The van der Waals surface area contributed by atoms with E-state index in [9.17, 15) is 4.79 Å².